The molecule has 0 spiro atoms. The summed E-state index contributed by atoms with van der Waals surface area (Å²) in [4.78, 5) is 43.4. The van der Waals surface area contributed by atoms with Gasteiger partial charge < -0.3 is 24.0 Å². The molecule has 1 N–H and O–H groups in total. The number of ether oxygens (including phenoxy) is 3. The van der Waals surface area contributed by atoms with Crippen molar-refractivity contribution in [1.29, 1.82) is 0 Å². The molecule has 2 fully saturated rings. The van der Waals surface area contributed by atoms with E-state index in [4.69, 9.17) is 14.2 Å². The predicted octanol–water partition coefficient (Wildman–Crippen LogP) is 4.07. The topological polar surface area (TPSA) is 101 Å². The fraction of sp³-hybridized carbons (Fsp3) is 0.417. The number of hydrogen-bond donors (Lipinski definition) is 1. The third-order valence-corrected chi connectivity index (χ3v) is 9.65. The summed E-state index contributed by atoms with van der Waals surface area (Å²) in [5, 5.41) is 2.36. The molecule has 4 aliphatic rings. The molecule has 7 rings (SSSR count). The van der Waals surface area contributed by atoms with E-state index in [9.17, 15) is 14.4 Å². The summed E-state index contributed by atoms with van der Waals surface area (Å²) < 4.78 is 17.4. The molecule has 0 radical (unpaired) electrons. The van der Waals surface area contributed by atoms with Gasteiger partial charge in [0.25, 0.3) is 5.91 Å². The second-order valence-electron chi connectivity index (χ2n) is 12.6. The molecule has 46 heavy (non-hydrogen) atoms. The average Bonchev–Trinajstić information content (AvgIpc) is 3.63. The smallest absolute Gasteiger partial charge is 0.255 e. The number of carbonyl (C=O) groups is 3. The zero-order valence-electron chi connectivity index (χ0n) is 26.4. The number of aryl methyl sites for hydroxylation is 1. The summed E-state index contributed by atoms with van der Waals surface area (Å²) in [6.45, 7) is 4.81. The van der Waals surface area contributed by atoms with Crippen molar-refractivity contribution in [2.45, 2.75) is 63.9 Å². The minimum atomic E-state index is -0.617. The maximum Gasteiger partial charge on any atom is 0.255 e. The van der Waals surface area contributed by atoms with Gasteiger partial charge in [-0.05, 0) is 78.8 Å². The minimum Gasteiger partial charge on any atom is -0.497 e. The van der Waals surface area contributed by atoms with Crippen molar-refractivity contribution in [3.05, 3.63) is 82.4 Å². The number of nitrogens with zero attached hydrogens (tertiary/aromatic N) is 3. The maximum absolute atomic E-state index is 13.0. The predicted molar refractivity (Wildman–Crippen MR) is 172 cm³/mol. The summed E-state index contributed by atoms with van der Waals surface area (Å²) in [5.41, 5.74) is 6.59. The van der Waals surface area contributed by atoms with Crippen molar-refractivity contribution >= 4 is 23.4 Å². The van der Waals surface area contributed by atoms with E-state index in [-0.39, 0.29) is 24.3 Å². The van der Waals surface area contributed by atoms with Gasteiger partial charge in [0.1, 0.15) is 29.4 Å². The van der Waals surface area contributed by atoms with Gasteiger partial charge >= 0.3 is 0 Å². The van der Waals surface area contributed by atoms with Crippen LogP contribution in [0.25, 0.3) is 0 Å². The second kappa shape index (κ2) is 12.7. The van der Waals surface area contributed by atoms with Gasteiger partial charge in [-0.25, -0.2) is 0 Å². The van der Waals surface area contributed by atoms with Crippen LogP contribution in [0.3, 0.4) is 0 Å². The molecule has 10 nitrogen and oxygen atoms in total. The third-order valence-electron chi connectivity index (χ3n) is 9.65. The lowest BCUT2D eigenvalue weighted by Gasteiger charge is -2.32. The minimum absolute atomic E-state index is 0.0639. The fourth-order valence-electron chi connectivity index (χ4n) is 7.29. The van der Waals surface area contributed by atoms with Crippen LogP contribution in [0, 0.1) is 0 Å². The summed E-state index contributed by atoms with van der Waals surface area (Å²) >= 11 is 0. The number of amides is 3. The van der Waals surface area contributed by atoms with Gasteiger partial charge in [0, 0.05) is 68.6 Å². The second-order valence-corrected chi connectivity index (χ2v) is 12.6. The van der Waals surface area contributed by atoms with Crippen LogP contribution in [-0.2, 0) is 35.6 Å². The van der Waals surface area contributed by atoms with E-state index in [1.807, 2.05) is 24.3 Å². The van der Waals surface area contributed by atoms with E-state index >= 15 is 0 Å². The van der Waals surface area contributed by atoms with E-state index in [2.05, 4.69) is 39.4 Å². The first kappa shape index (κ1) is 30.1. The molecule has 2 saturated heterocycles. The Balaban J connectivity index is 0.955. The highest BCUT2D eigenvalue weighted by Crippen LogP contribution is 2.34. The lowest BCUT2D eigenvalue weighted by molar-refractivity contribution is -0.136. The molecule has 0 aliphatic carbocycles. The van der Waals surface area contributed by atoms with Crippen LogP contribution >= 0.6 is 0 Å². The van der Waals surface area contributed by atoms with Gasteiger partial charge in [0.15, 0.2) is 0 Å². The standard InChI is InChI=1S/C36H40N4O6/c1-44-27-7-6-25(33(18-27)45-2)20-39-14-3-4-24-16-23(5-10-31(24)39)19-38-15-13-29(22-38)46-28-8-9-30-26(17-28)21-40(36(30)43)32-11-12-34(41)37-35(32)42/h5-10,16-18,29,32H,3-4,11-15,19-22H2,1-2H3,(H,37,41,42)/t29-,32?/m0/s1. The van der Waals surface area contributed by atoms with Crippen molar-refractivity contribution in [2.75, 3.05) is 38.8 Å². The molecule has 240 valence electrons. The van der Waals surface area contributed by atoms with Crippen LogP contribution in [0.5, 0.6) is 17.2 Å². The van der Waals surface area contributed by atoms with Crippen molar-refractivity contribution in [3.8, 4) is 17.2 Å². The van der Waals surface area contributed by atoms with Crippen LogP contribution in [0.4, 0.5) is 5.69 Å². The Kier molecular flexibility index (Phi) is 8.29. The molecule has 3 amide bonds. The monoisotopic (exact) mass is 624 g/mol. The Morgan fingerprint density at radius 3 is 2.54 bits per heavy atom. The SMILES string of the molecule is COc1ccc(CN2CCCc3cc(CN4CC[C@H](Oc5ccc6c(c5)CN(C5CCC(=O)NC5=O)C6=O)C4)ccc32)c(OC)c1. The number of likely N-dealkylation sites (tertiary alicyclic amines) is 1. The number of piperidine rings is 1. The van der Waals surface area contributed by atoms with Crippen LogP contribution in [0.2, 0.25) is 0 Å². The lowest BCUT2D eigenvalue weighted by Crippen LogP contribution is -2.52. The first-order valence-electron chi connectivity index (χ1n) is 16.1. The van der Waals surface area contributed by atoms with E-state index in [1.54, 1.807) is 25.2 Å². The van der Waals surface area contributed by atoms with Crippen molar-refractivity contribution in [3.63, 3.8) is 0 Å². The van der Waals surface area contributed by atoms with Gasteiger partial charge in [-0.15, -0.1) is 0 Å². The number of fused-ring (bicyclic) bond motifs is 2. The molecule has 0 aromatic heterocycles. The van der Waals surface area contributed by atoms with Crippen molar-refractivity contribution in [2.24, 2.45) is 0 Å². The first-order chi connectivity index (χ1) is 22.4. The number of hydrogen-bond acceptors (Lipinski definition) is 8. The number of nitrogens with one attached hydrogen (secondary N) is 1. The number of rotatable bonds is 9. The van der Waals surface area contributed by atoms with E-state index in [0.717, 1.165) is 80.4 Å². The van der Waals surface area contributed by atoms with Crippen molar-refractivity contribution < 1.29 is 28.6 Å². The number of imide groups is 1. The molecular weight excluding hydrogens is 584 g/mol. The molecule has 0 saturated carbocycles. The lowest BCUT2D eigenvalue weighted by atomic mass is 9.98. The Morgan fingerprint density at radius 1 is 0.848 bits per heavy atom. The molecular formula is C36H40N4O6. The Labute approximate surface area is 269 Å². The maximum atomic E-state index is 13.0. The largest absolute Gasteiger partial charge is 0.497 e. The van der Waals surface area contributed by atoms with Gasteiger partial charge in [-0.2, -0.15) is 0 Å². The molecule has 3 aromatic rings. The molecule has 4 aliphatic heterocycles. The fourth-order valence-corrected chi connectivity index (χ4v) is 7.29. The summed E-state index contributed by atoms with van der Waals surface area (Å²) in [5.74, 6) is 1.53. The quantitative estimate of drug-likeness (QED) is 0.356. The number of methoxy groups -OCH3 is 2. The Morgan fingerprint density at radius 2 is 1.72 bits per heavy atom. The number of carbonyl (C=O) groups excluding carboxylic acids is 3. The molecule has 0 bridgehead atoms. The highest BCUT2D eigenvalue weighted by atomic mass is 16.5. The molecule has 10 heteroatoms. The van der Waals surface area contributed by atoms with E-state index < -0.39 is 11.9 Å². The average molecular weight is 625 g/mol. The van der Waals surface area contributed by atoms with Gasteiger partial charge in [0.2, 0.25) is 11.8 Å². The molecule has 2 atom stereocenters. The summed E-state index contributed by atoms with van der Waals surface area (Å²) in [6.07, 6.45) is 3.79. The van der Waals surface area contributed by atoms with E-state index in [1.165, 1.54) is 16.8 Å². The molecule has 3 aromatic carbocycles. The van der Waals surface area contributed by atoms with Gasteiger partial charge in [0.05, 0.1) is 14.2 Å². The molecule has 1 unspecified atom stereocenters. The van der Waals surface area contributed by atoms with Crippen LogP contribution < -0.4 is 24.4 Å². The third kappa shape index (κ3) is 6.01. The molecule has 4 heterocycles. The van der Waals surface area contributed by atoms with E-state index in [0.29, 0.717) is 18.5 Å². The summed E-state index contributed by atoms with van der Waals surface area (Å²) in [6, 6.07) is 17.9. The zero-order valence-corrected chi connectivity index (χ0v) is 26.4. The highest BCUT2D eigenvalue weighted by Gasteiger charge is 2.39. The normalized spacial score (nSPS) is 21.2. The Hall–Kier alpha value is -4.57. The van der Waals surface area contributed by atoms with Crippen LogP contribution in [0.1, 0.15) is 58.3 Å². The number of anilines is 1. The van der Waals surface area contributed by atoms with Crippen molar-refractivity contribution in [1.82, 2.24) is 15.1 Å². The van der Waals surface area contributed by atoms with Gasteiger partial charge in [-0.1, -0.05) is 12.1 Å². The highest BCUT2D eigenvalue weighted by molar-refractivity contribution is 6.05. The summed E-state index contributed by atoms with van der Waals surface area (Å²) in [7, 11) is 3.37. The van der Waals surface area contributed by atoms with Crippen LogP contribution in [0.15, 0.2) is 54.6 Å². The zero-order chi connectivity index (χ0) is 31.8. The first-order valence-corrected chi connectivity index (χ1v) is 16.1. The Bertz CT molecular complexity index is 1670. The van der Waals surface area contributed by atoms with Gasteiger partial charge in [-0.3, -0.25) is 24.6 Å². The van der Waals surface area contributed by atoms with Crippen LogP contribution in [-0.4, -0.2) is 73.5 Å². The number of benzene rings is 3.